The van der Waals surface area contributed by atoms with Gasteiger partial charge < -0.3 is 29.5 Å². The van der Waals surface area contributed by atoms with Gasteiger partial charge in [0.15, 0.2) is 0 Å². The molecule has 0 bridgehead atoms. The number of benzene rings is 4. The van der Waals surface area contributed by atoms with E-state index in [4.69, 9.17) is 29.7 Å². The highest BCUT2D eigenvalue weighted by molar-refractivity contribution is 6.06. The molecule has 4 aromatic carbocycles. The molecule has 0 radical (unpaired) electrons. The van der Waals surface area contributed by atoms with Crippen LogP contribution in [0.1, 0.15) is 81.8 Å². The molecule has 2 saturated heterocycles. The maximum absolute atomic E-state index is 13.1. The van der Waals surface area contributed by atoms with E-state index in [0.717, 1.165) is 98.4 Å². The van der Waals surface area contributed by atoms with Crippen LogP contribution in [0, 0.1) is 11.8 Å². The second kappa shape index (κ2) is 23.4. The number of carboxylic acids is 2. The number of hydrogen-bond acceptors (Lipinski definition) is 10. The van der Waals surface area contributed by atoms with Crippen LogP contribution in [-0.4, -0.2) is 117 Å². The Morgan fingerprint density at radius 1 is 0.557 bits per heavy atom. The maximum Gasteiger partial charge on any atom is 0.328 e. The number of pyridine rings is 2. The number of carbonyl (C=O) groups excluding carboxylic acids is 2. The van der Waals surface area contributed by atoms with Crippen molar-refractivity contribution in [1.82, 2.24) is 29.6 Å². The van der Waals surface area contributed by atoms with Gasteiger partial charge in [0.25, 0.3) is 11.8 Å². The minimum absolute atomic E-state index is 0.0617. The van der Waals surface area contributed by atoms with Crippen molar-refractivity contribution in [1.29, 1.82) is 0 Å². The summed E-state index contributed by atoms with van der Waals surface area (Å²) in [6, 6.07) is 37.2. The van der Waals surface area contributed by atoms with E-state index in [2.05, 4.69) is 70.5 Å². The summed E-state index contributed by atoms with van der Waals surface area (Å²) in [6.45, 7) is 9.35. The average molecular weight is 947 g/mol. The minimum Gasteiger partial charge on any atom is -0.495 e. The highest BCUT2D eigenvalue weighted by Gasteiger charge is 2.35. The Hall–Kier alpha value is -7.16. The first-order valence-electron chi connectivity index (χ1n) is 24.2. The maximum atomic E-state index is 13.1. The quantitative estimate of drug-likeness (QED) is 0.1000. The van der Waals surface area contributed by atoms with E-state index < -0.39 is 11.9 Å². The van der Waals surface area contributed by atoms with Crippen molar-refractivity contribution in [3.8, 4) is 11.5 Å². The van der Waals surface area contributed by atoms with Crippen LogP contribution in [0.2, 0.25) is 0 Å². The summed E-state index contributed by atoms with van der Waals surface area (Å²) >= 11 is 0. The molecule has 2 fully saturated rings. The summed E-state index contributed by atoms with van der Waals surface area (Å²) in [5.41, 5.74) is 7.54. The smallest absolute Gasteiger partial charge is 0.328 e. The fourth-order valence-electron chi connectivity index (χ4n) is 10.1. The van der Waals surface area contributed by atoms with E-state index in [0.29, 0.717) is 59.7 Å². The van der Waals surface area contributed by atoms with Gasteiger partial charge in [0.1, 0.15) is 22.6 Å². The Morgan fingerprint density at radius 2 is 0.914 bits per heavy atom. The van der Waals surface area contributed by atoms with Crippen LogP contribution in [-0.2, 0) is 35.8 Å². The van der Waals surface area contributed by atoms with E-state index in [1.807, 2.05) is 58.3 Å². The number of hydrogen-bond donors (Lipinski definition) is 2. The van der Waals surface area contributed by atoms with Crippen molar-refractivity contribution in [2.24, 2.45) is 11.8 Å². The Kier molecular flexibility index (Phi) is 16.5. The Morgan fingerprint density at radius 3 is 1.27 bits per heavy atom. The van der Waals surface area contributed by atoms with E-state index in [9.17, 15) is 19.2 Å². The van der Waals surface area contributed by atoms with Crippen molar-refractivity contribution in [2.75, 3.05) is 53.5 Å². The molecule has 4 aliphatic rings. The number of amides is 2. The highest BCUT2D eigenvalue weighted by atomic mass is 16.5. The number of carbonyl (C=O) groups is 4. The van der Waals surface area contributed by atoms with Gasteiger partial charge >= 0.3 is 11.9 Å². The number of rotatable bonds is 14. The lowest BCUT2D eigenvalue weighted by Gasteiger charge is -2.32. The van der Waals surface area contributed by atoms with Gasteiger partial charge in [-0.3, -0.25) is 19.4 Å². The third-order valence-corrected chi connectivity index (χ3v) is 13.8. The summed E-state index contributed by atoms with van der Waals surface area (Å²) in [5.74, 6) is 0.303. The molecule has 6 aromatic rings. The molecule has 14 nitrogen and oxygen atoms in total. The number of ether oxygens (including phenoxy) is 2. The topological polar surface area (TPSA) is 166 Å². The predicted octanol–water partition coefficient (Wildman–Crippen LogP) is 8.71. The van der Waals surface area contributed by atoms with Gasteiger partial charge in [-0.25, -0.2) is 19.6 Å². The molecule has 0 aliphatic carbocycles. The van der Waals surface area contributed by atoms with Crippen LogP contribution in [0.3, 0.4) is 0 Å². The number of aliphatic carboxylic acids is 2. The second-order valence-electron chi connectivity index (χ2n) is 18.4. The zero-order valence-corrected chi connectivity index (χ0v) is 40.0. The van der Waals surface area contributed by atoms with Gasteiger partial charge in [-0.1, -0.05) is 84.9 Å². The first-order chi connectivity index (χ1) is 34.1. The van der Waals surface area contributed by atoms with Crippen LogP contribution in [0.5, 0.6) is 11.5 Å². The fraction of sp³-hybridized carbons (Fsp3) is 0.357. The number of para-hydroxylation sites is 2. The lowest BCUT2D eigenvalue weighted by atomic mass is 9.93. The summed E-state index contributed by atoms with van der Waals surface area (Å²) in [4.78, 5) is 63.9. The van der Waals surface area contributed by atoms with Crippen LogP contribution in [0.25, 0.3) is 21.8 Å². The molecule has 14 heteroatoms. The zero-order chi connectivity index (χ0) is 49.0. The van der Waals surface area contributed by atoms with Gasteiger partial charge in [-0.2, -0.15) is 0 Å². The normalized spacial score (nSPS) is 16.4. The Balaban J connectivity index is 0.000000163. The molecule has 70 heavy (non-hydrogen) atoms. The molecule has 2 amide bonds. The monoisotopic (exact) mass is 946 g/mol. The lowest BCUT2D eigenvalue weighted by molar-refractivity contribution is -0.134. The van der Waals surface area contributed by atoms with Gasteiger partial charge in [-0.05, 0) is 112 Å². The number of carboxylic acid groups (broad SMARTS) is 2. The molecule has 10 rings (SSSR count). The standard InChI is InChI=1S/2C26H29N3O2.C4H4O4/c2*1-31-25-21-9-5-6-10-22(21)27-23-18-29(26(30)24(23)25)16-13-19-11-14-28(15-12-19)17-20-7-3-2-4-8-20;5-3(6)1-2-4(7)8/h2*2-10,19H,11-18H2,1H3;1-2H,(H,5,6)(H,7,8). The van der Waals surface area contributed by atoms with Gasteiger partial charge in [0.2, 0.25) is 0 Å². The van der Waals surface area contributed by atoms with Gasteiger partial charge in [0, 0.05) is 49.1 Å². The number of fused-ring (bicyclic) bond motifs is 4. The lowest BCUT2D eigenvalue weighted by Crippen LogP contribution is -2.35. The molecular formula is C56H62N6O8. The number of nitrogens with zero attached hydrogens (tertiary/aromatic N) is 6. The molecule has 2 aromatic heterocycles. The van der Waals surface area contributed by atoms with Crippen molar-refractivity contribution in [3.63, 3.8) is 0 Å². The first kappa shape index (κ1) is 49.3. The van der Waals surface area contributed by atoms with E-state index in [1.54, 1.807) is 14.2 Å². The molecule has 0 atom stereocenters. The van der Waals surface area contributed by atoms with Crippen LogP contribution in [0.4, 0.5) is 0 Å². The number of piperidine rings is 2. The second-order valence-corrected chi connectivity index (χ2v) is 18.4. The van der Waals surface area contributed by atoms with E-state index in [-0.39, 0.29) is 11.8 Å². The highest BCUT2D eigenvalue weighted by Crippen LogP contribution is 2.38. The number of methoxy groups -OCH3 is 2. The van der Waals surface area contributed by atoms with E-state index in [1.165, 1.54) is 36.8 Å². The third kappa shape index (κ3) is 12.2. The number of likely N-dealkylation sites (tertiary alicyclic amines) is 2. The molecule has 2 N–H and O–H groups in total. The van der Waals surface area contributed by atoms with Gasteiger partial charge in [-0.15, -0.1) is 0 Å². The van der Waals surface area contributed by atoms with Gasteiger partial charge in [0.05, 0.1) is 49.7 Å². The molecule has 364 valence electrons. The van der Waals surface area contributed by atoms with Crippen molar-refractivity contribution in [2.45, 2.75) is 64.7 Å². The largest absolute Gasteiger partial charge is 0.495 e. The van der Waals surface area contributed by atoms with Crippen molar-refractivity contribution >= 4 is 45.6 Å². The molecule has 6 heterocycles. The molecule has 4 aliphatic heterocycles. The van der Waals surface area contributed by atoms with Crippen LogP contribution >= 0.6 is 0 Å². The summed E-state index contributed by atoms with van der Waals surface area (Å²) in [7, 11) is 3.28. The minimum atomic E-state index is -1.26. The molecular weight excluding hydrogens is 885 g/mol. The Bertz CT molecular complexity index is 2620. The first-order valence-corrected chi connectivity index (χ1v) is 24.2. The summed E-state index contributed by atoms with van der Waals surface area (Å²) in [6.07, 6.45) is 8.03. The predicted molar refractivity (Wildman–Crippen MR) is 269 cm³/mol. The van der Waals surface area contributed by atoms with Crippen LogP contribution < -0.4 is 9.47 Å². The molecule has 0 unspecified atom stereocenters. The fourth-order valence-corrected chi connectivity index (χ4v) is 10.1. The summed E-state index contributed by atoms with van der Waals surface area (Å²) < 4.78 is 11.3. The average Bonchev–Trinajstić information content (AvgIpc) is 3.88. The zero-order valence-electron chi connectivity index (χ0n) is 40.0. The third-order valence-electron chi connectivity index (χ3n) is 13.8. The van der Waals surface area contributed by atoms with E-state index >= 15 is 0 Å². The SMILES string of the molecule is COc1c2c(nc3ccccc13)CN(CCC1CCN(Cc3ccccc3)CC1)C2=O.COc1c2c(nc3ccccc13)CN(CCC1CCN(Cc3ccccc3)CC1)C2=O.O=C(O)C=CC(=O)O. The Labute approximate surface area is 409 Å². The van der Waals surface area contributed by atoms with Crippen molar-refractivity contribution < 1.29 is 38.9 Å². The van der Waals surface area contributed by atoms with Crippen molar-refractivity contribution in [3.05, 3.63) is 155 Å². The summed E-state index contributed by atoms with van der Waals surface area (Å²) in [5, 5.41) is 17.4. The van der Waals surface area contributed by atoms with Crippen LogP contribution in [0.15, 0.2) is 121 Å². The molecule has 0 saturated carbocycles. The number of aromatic nitrogens is 2. The molecule has 0 spiro atoms.